The fourth-order valence-corrected chi connectivity index (χ4v) is 4.54. The van der Waals surface area contributed by atoms with Crippen molar-refractivity contribution >= 4 is 40.1 Å². The van der Waals surface area contributed by atoms with Gasteiger partial charge in [0.25, 0.3) is 0 Å². The zero-order valence-corrected chi connectivity index (χ0v) is 17.8. The molecule has 0 radical (unpaired) electrons. The molecular weight excluding hydrogens is 455 g/mol. The van der Waals surface area contributed by atoms with E-state index in [0.29, 0.717) is 21.2 Å². The van der Waals surface area contributed by atoms with Crippen LogP contribution in [0.2, 0.25) is 10.0 Å². The van der Waals surface area contributed by atoms with Crippen molar-refractivity contribution in [3.63, 3.8) is 0 Å². The van der Waals surface area contributed by atoms with Crippen molar-refractivity contribution in [2.45, 2.75) is 12.3 Å². The number of carbonyl (C=O) groups is 1. The number of phenols is 2. The van der Waals surface area contributed by atoms with Crippen molar-refractivity contribution in [2.75, 3.05) is 0 Å². The highest BCUT2D eigenvalue weighted by Gasteiger charge is 2.37. The Hall–Kier alpha value is -3.48. The van der Waals surface area contributed by atoms with E-state index in [2.05, 4.69) is 0 Å². The highest BCUT2D eigenvalue weighted by atomic mass is 35.5. The fraction of sp³-hybridized carbons (Fsp3) is 0.0833. The average Bonchev–Trinajstić information content (AvgIpc) is 2.77. The number of carbonyl (C=O) groups excluding carboxylic acids is 1. The molecule has 1 aliphatic rings. The molecule has 4 aromatic rings. The van der Waals surface area contributed by atoms with Crippen LogP contribution in [-0.2, 0) is 4.79 Å². The SMILES string of the molecule is O=C1C[C@H](c2ccc(Cl)cc2Cl)c2c(c(O)c(O)c3c(=O)cc(-c4ccccc4)oc23)O1. The van der Waals surface area contributed by atoms with E-state index in [4.69, 9.17) is 32.4 Å². The predicted octanol–water partition coefficient (Wildman–Crippen LogP) is 5.62. The standard InChI is InChI=1S/C24H14Cl2O6/c25-12-6-7-13(15(26)8-12)14-9-18(28)32-24-19(14)23-20(21(29)22(24)30)16(27)10-17(31-23)11-4-2-1-3-5-11/h1-8,10,14,29-30H,9H2/t14-/m1/s1. The number of hydrogen-bond donors (Lipinski definition) is 2. The molecule has 2 N–H and O–H groups in total. The number of phenolic OH excluding ortho intramolecular Hbond substituents is 2. The molecule has 1 aliphatic heterocycles. The van der Waals surface area contributed by atoms with Crippen LogP contribution in [-0.4, -0.2) is 16.2 Å². The van der Waals surface area contributed by atoms with Crippen LogP contribution < -0.4 is 10.2 Å². The van der Waals surface area contributed by atoms with E-state index < -0.39 is 28.8 Å². The monoisotopic (exact) mass is 468 g/mol. The average molecular weight is 469 g/mol. The van der Waals surface area contributed by atoms with Gasteiger partial charge in [0.05, 0.1) is 12.0 Å². The maximum absolute atomic E-state index is 13.0. The van der Waals surface area contributed by atoms with Crippen LogP contribution in [0.4, 0.5) is 0 Å². The molecule has 1 aromatic heterocycles. The van der Waals surface area contributed by atoms with Crippen LogP contribution in [0, 0.1) is 0 Å². The molecule has 32 heavy (non-hydrogen) atoms. The van der Waals surface area contributed by atoms with E-state index in [0.717, 1.165) is 0 Å². The molecule has 0 bridgehead atoms. The lowest BCUT2D eigenvalue weighted by molar-refractivity contribution is -0.135. The lowest BCUT2D eigenvalue weighted by Crippen LogP contribution is -2.22. The highest BCUT2D eigenvalue weighted by molar-refractivity contribution is 6.35. The molecule has 0 spiro atoms. The topological polar surface area (TPSA) is 97.0 Å². The minimum Gasteiger partial charge on any atom is -0.504 e. The highest BCUT2D eigenvalue weighted by Crippen LogP contribution is 2.52. The van der Waals surface area contributed by atoms with Gasteiger partial charge in [0.15, 0.2) is 16.9 Å². The molecule has 0 amide bonds. The first-order chi connectivity index (χ1) is 15.3. The molecule has 8 heteroatoms. The Kier molecular flexibility index (Phi) is 4.84. The number of halogens is 2. The molecule has 0 unspecified atom stereocenters. The Morgan fingerprint density at radius 2 is 1.69 bits per heavy atom. The predicted molar refractivity (Wildman–Crippen MR) is 120 cm³/mol. The Bertz CT molecular complexity index is 1460. The molecule has 0 aliphatic carbocycles. The van der Waals surface area contributed by atoms with E-state index in [1.807, 2.05) is 6.07 Å². The zero-order chi connectivity index (χ0) is 22.6. The van der Waals surface area contributed by atoms with Gasteiger partial charge in [-0.05, 0) is 17.7 Å². The Labute approximate surface area is 191 Å². The Morgan fingerprint density at radius 1 is 0.938 bits per heavy atom. The number of aromatic hydroxyl groups is 2. The lowest BCUT2D eigenvalue weighted by Gasteiger charge is -2.27. The quantitative estimate of drug-likeness (QED) is 0.225. The summed E-state index contributed by atoms with van der Waals surface area (Å²) >= 11 is 12.4. The summed E-state index contributed by atoms with van der Waals surface area (Å²) in [5, 5.41) is 21.6. The summed E-state index contributed by atoms with van der Waals surface area (Å²) in [4.78, 5) is 25.3. The van der Waals surface area contributed by atoms with Gasteiger partial charge in [-0.25, -0.2) is 0 Å². The van der Waals surface area contributed by atoms with Gasteiger partial charge in [0.1, 0.15) is 16.7 Å². The van der Waals surface area contributed by atoms with E-state index >= 15 is 0 Å². The van der Waals surface area contributed by atoms with Gasteiger partial charge in [-0.3, -0.25) is 9.59 Å². The summed E-state index contributed by atoms with van der Waals surface area (Å²) < 4.78 is 11.4. The molecular formula is C24H14Cl2O6. The van der Waals surface area contributed by atoms with Gasteiger partial charge in [-0.1, -0.05) is 59.6 Å². The second-order valence-electron chi connectivity index (χ2n) is 7.38. The number of esters is 1. The van der Waals surface area contributed by atoms with Gasteiger partial charge in [0, 0.05) is 27.6 Å². The number of rotatable bonds is 2. The zero-order valence-electron chi connectivity index (χ0n) is 16.3. The van der Waals surface area contributed by atoms with Gasteiger partial charge in [0.2, 0.25) is 5.75 Å². The van der Waals surface area contributed by atoms with Crippen LogP contribution in [0.5, 0.6) is 17.2 Å². The number of ether oxygens (including phenoxy) is 1. The smallest absolute Gasteiger partial charge is 0.312 e. The molecule has 160 valence electrons. The van der Waals surface area contributed by atoms with Crippen molar-refractivity contribution in [3.05, 3.63) is 86.0 Å². The van der Waals surface area contributed by atoms with E-state index in [-0.39, 0.29) is 34.5 Å². The van der Waals surface area contributed by atoms with Gasteiger partial charge >= 0.3 is 5.97 Å². The number of fused-ring (bicyclic) bond motifs is 3. The minimum atomic E-state index is -0.720. The van der Waals surface area contributed by atoms with Crippen LogP contribution in [0.15, 0.2) is 63.8 Å². The first-order valence-corrected chi connectivity index (χ1v) is 10.4. The fourth-order valence-electron chi connectivity index (χ4n) is 4.00. The first kappa shape index (κ1) is 20.4. The second kappa shape index (κ2) is 7.58. The molecule has 6 nitrogen and oxygen atoms in total. The van der Waals surface area contributed by atoms with Crippen molar-refractivity contribution in [1.29, 1.82) is 0 Å². The van der Waals surface area contributed by atoms with Gasteiger partial charge in [-0.15, -0.1) is 0 Å². The largest absolute Gasteiger partial charge is 0.504 e. The number of hydrogen-bond acceptors (Lipinski definition) is 6. The molecule has 0 saturated carbocycles. The van der Waals surface area contributed by atoms with E-state index in [1.165, 1.54) is 12.1 Å². The lowest BCUT2D eigenvalue weighted by atomic mass is 9.84. The molecule has 2 heterocycles. The van der Waals surface area contributed by atoms with Crippen LogP contribution in [0.25, 0.3) is 22.3 Å². The van der Waals surface area contributed by atoms with Gasteiger partial charge in [-0.2, -0.15) is 0 Å². The maximum atomic E-state index is 13.0. The summed E-state index contributed by atoms with van der Waals surface area (Å²) in [6, 6.07) is 15.0. The Morgan fingerprint density at radius 3 is 2.41 bits per heavy atom. The van der Waals surface area contributed by atoms with Crippen molar-refractivity contribution in [2.24, 2.45) is 0 Å². The summed E-state index contributed by atoms with van der Waals surface area (Å²) in [5.74, 6) is -2.79. The third-order valence-corrected chi connectivity index (χ3v) is 6.01. The molecule has 0 fully saturated rings. The summed E-state index contributed by atoms with van der Waals surface area (Å²) in [5.41, 5.74) is 0.868. The van der Waals surface area contributed by atoms with Crippen molar-refractivity contribution in [3.8, 4) is 28.6 Å². The summed E-state index contributed by atoms with van der Waals surface area (Å²) in [6.07, 6.45) is -0.118. The summed E-state index contributed by atoms with van der Waals surface area (Å²) in [6.45, 7) is 0. The van der Waals surface area contributed by atoms with Crippen LogP contribution in [0.3, 0.4) is 0 Å². The third kappa shape index (κ3) is 3.20. The van der Waals surface area contributed by atoms with Crippen LogP contribution in [0.1, 0.15) is 23.5 Å². The molecule has 1 atom stereocenters. The van der Waals surface area contributed by atoms with E-state index in [1.54, 1.807) is 36.4 Å². The molecule has 0 saturated heterocycles. The summed E-state index contributed by atoms with van der Waals surface area (Å²) in [7, 11) is 0. The van der Waals surface area contributed by atoms with Crippen molar-refractivity contribution in [1.82, 2.24) is 0 Å². The molecule has 3 aromatic carbocycles. The maximum Gasteiger partial charge on any atom is 0.312 e. The minimum absolute atomic E-state index is 0.00479. The first-order valence-electron chi connectivity index (χ1n) is 9.62. The third-order valence-electron chi connectivity index (χ3n) is 5.44. The Balaban J connectivity index is 1.89. The molecule has 5 rings (SSSR count). The van der Waals surface area contributed by atoms with E-state index in [9.17, 15) is 19.8 Å². The normalized spacial score (nSPS) is 15.4. The number of benzene rings is 3. The van der Waals surface area contributed by atoms with Gasteiger partial charge < -0.3 is 19.4 Å². The van der Waals surface area contributed by atoms with Crippen LogP contribution >= 0.6 is 23.2 Å². The van der Waals surface area contributed by atoms with Crippen molar-refractivity contribution < 1.29 is 24.2 Å². The second-order valence-corrected chi connectivity index (χ2v) is 8.23.